The van der Waals surface area contributed by atoms with Gasteiger partial charge in [0.15, 0.2) is 5.82 Å². The van der Waals surface area contributed by atoms with Gasteiger partial charge in [0.25, 0.3) is 5.56 Å². The van der Waals surface area contributed by atoms with Crippen LogP contribution in [0.4, 0.5) is 5.82 Å². The van der Waals surface area contributed by atoms with E-state index in [0.29, 0.717) is 6.04 Å². The van der Waals surface area contributed by atoms with Crippen LogP contribution in [-0.2, 0) is 7.05 Å². The molecule has 0 atom stereocenters. The van der Waals surface area contributed by atoms with Crippen LogP contribution < -0.4 is 10.9 Å². The first-order valence-corrected chi connectivity index (χ1v) is 9.13. The molecule has 1 N–H and O–H groups in total. The molecule has 0 spiro atoms. The summed E-state index contributed by atoms with van der Waals surface area (Å²) in [6, 6.07) is 5.99. The van der Waals surface area contributed by atoms with Gasteiger partial charge in [0.1, 0.15) is 11.8 Å². The summed E-state index contributed by atoms with van der Waals surface area (Å²) in [5.74, 6) is 0.889. The third kappa shape index (κ3) is 2.98. The summed E-state index contributed by atoms with van der Waals surface area (Å²) in [5.41, 5.74) is 4.05. The number of anilines is 1. The summed E-state index contributed by atoms with van der Waals surface area (Å²) in [7, 11) is 2.04. The van der Waals surface area contributed by atoms with E-state index in [4.69, 9.17) is 0 Å². The average Bonchev–Trinajstić information content (AvgIpc) is 2.93. The van der Waals surface area contributed by atoms with Gasteiger partial charge in [0.05, 0.1) is 17.3 Å². The average molecular weight is 352 g/mol. The predicted octanol–water partition coefficient (Wildman–Crippen LogP) is 2.74. The Kier molecular flexibility index (Phi) is 4.22. The van der Waals surface area contributed by atoms with E-state index in [-0.39, 0.29) is 11.6 Å². The lowest BCUT2D eigenvalue weighted by atomic mass is 9.91. The van der Waals surface area contributed by atoms with E-state index >= 15 is 0 Å². The Labute approximate surface area is 152 Å². The second kappa shape index (κ2) is 6.55. The molecule has 1 saturated carbocycles. The van der Waals surface area contributed by atoms with Crippen LogP contribution in [0.15, 0.2) is 29.3 Å². The maximum Gasteiger partial charge on any atom is 0.267 e. The number of nitrogens with one attached hydrogen (secondary N) is 1. The lowest BCUT2D eigenvalue weighted by molar-refractivity contribution is 0.302. The number of nitrogens with zero attached hydrogens (tertiary/aromatic N) is 5. The Balaban J connectivity index is 1.49. The van der Waals surface area contributed by atoms with Crippen molar-refractivity contribution >= 4 is 16.9 Å². The highest BCUT2D eigenvalue weighted by atomic mass is 16.1. The number of rotatable bonds is 3. The van der Waals surface area contributed by atoms with Crippen LogP contribution >= 0.6 is 0 Å². The summed E-state index contributed by atoms with van der Waals surface area (Å²) in [6.07, 6.45) is 5.47. The normalized spacial score (nSPS) is 20.4. The molecule has 0 unspecified atom stereocenters. The van der Waals surface area contributed by atoms with E-state index in [2.05, 4.69) is 37.9 Å². The number of hydrogen-bond donors (Lipinski definition) is 1. The Hall–Kier alpha value is -2.70. The minimum Gasteiger partial charge on any atom is -0.365 e. The molecule has 0 radical (unpaired) electrons. The largest absolute Gasteiger partial charge is 0.365 e. The van der Waals surface area contributed by atoms with Crippen molar-refractivity contribution in [1.29, 1.82) is 0 Å². The third-order valence-corrected chi connectivity index (χ3v) is 5.40. The highest BCUT2D eigenvalue weighted by Gasteiger charge is 2.24. The number of aryl methyl sites for hydroxylation is 3. The highest BCUT2D eigenvalue weighted by Crippen LogP contribution is 2.30. The molecule has 26 heavy (non-hydrogen) atoms. The Morgan fingerprint density at radius 2 is 1.88 bits per heavy atom. The maximum absolute atomic E-state index is 12.1. The van der Waals surface area contributed by atoms with Gasteiger partial charge in [0, 0.05) is 24.8 Å². The van der Waals surface area contributed by atoms with Gasteiger partial charge in [-0.3, -0.25) is 4.79 Å². The molecule has 0 aromatic carbocycles. The van der Waals surface area contributed by atoms with Gasteiger partial charge >= 0.3 is 0 Å². The van der Waals surface area contributed by atoms with Crippen molar-refractivity contribution < 1.29 is 0 Å². The summed E-state index contributed by atoms with van der Waals surface area (Å²) in [6.45, 7) is 3.99. The van der Waals surface area contributed by atoms with Crippen LogP contribution in [0.2, 0.25) is 0 Å². The van der Waals surface area contributed by atoms with Crippen LogP contribution in [0.3, 0.4) is 0 Å². The smallest absolute Gasteiger partial charge is 0.267 e. The van der Waals surface area contributed by atoms with Gasteiger partial charge in [-0.25, -0.2) is 14.6 Å². The summed E-state index contributed by atoms with van der Waals surface area (Å²) < 4.78 is 3.79. The molecule has 7 nitrogen and oxygen atoms in total. The minimum atomic E-state index is -0.0104. The molecule has 4 rings (SSSR count). The van der Waals surface area contributed by atoms with E-state index in [1.54, 1.807) is 23.1 Å². The first-order valence-electron chi connectivity index (χ1n) is 9.13. The van der Waals surface area contributed by atoms with Crippen LogP contribution in [0, 0.1) is 13.8 Å². The minimum absolute atomic E-state index is 0.0104. The molecular formula is C19H24N6O. The fourth-order valence-electron chi connectivity index (χ4n) is 3.85. The molecular weight excluding hydrogens is 328 g/mol. The molecule has 0 aliphatic heterocycles. The predicted molar refractivity (Wildman–Crippen MR) is 101 cm³/mol. The van der Waals surface area contributed by atoms with E-state index in [9.17, 15) is 4.79 Å². The van der Waals surface area contributed by atoms with Crippen LogP contribution in [0.25, 0.3) is 11.0 Å². The second-order valence-electron chi connectivity index (χ2n) is 7.21. The SMILES string of the molecule is Cc1ccc(=O)n(C2CCC(Nc3ncnc4cc(C)n(C)c34)CC2)n1. The number of aromatic nitrogens is 5. The maximum atomic E-state index is 12.1. The topological polar surface area (TPSA) is 77.6 Å². The molecule has 1 fully saturated rings. The van der Waals surface area contributed by atoms with Crippen LogP contribution in [-0.4, -0.2) is 30.4 Å². The molecule has 136 valence electrons. The summed E-state index contributed by atoms with van der Waals surface area (Å²) in [5, 5.41) is 8.02. The van der Waals surface area contributed by atoms with Crippen LogP contribution in [0.1, 0.15) is 43.1 Å². The molecule has 0 amide bonds. The zero-order valence-corrected chi connectivity index (χ0v) is 15.4. The Morgan fingerprint density at radius 3 is 2.65 bits per heavy atom. The molecule has 1 aliphatic rings. The van der Waals surface area contributed by atoms with Crippen molar-refractivity contribution in [3.8, 4) is 0 Å². The Morgan fingerprint density at radius 1 is 1.12 bits per heavy atom. The number of fused-ring (bicyclic) bond motifs is 1. The van der Waals surface area contributed by atoms with E-state index < -0.39 is 0 Å². The third-order valence-electron chi connectivity index (χ3n) is 5.40. The monoisotopic (exact) mass is 352 g/mol. The summed E-state index contributed by atoms with van der Waals surface area (Å²) >= 11 is 0. The molecule has 0 saturated heterocycles. The lowest BCUT2D eigenvalue weighted by Gasteiger charge is -2.30. The van der Waals surface area contributed by atoms with E-state index in [0.717, 1.165) is 53.9 Å². The summed E-state index contributed by atoms with van der Waals surface area (Å²) in [4.78, 5) is 20.9. The quantitative estimate of drug-likeness (QED) is 0.784. The highest BCUT2D eigenvalue weighted by molar-refractivity contribution is 5.87. The Bertz CT molecular complexity index is 997. The van der Waals surface area contributed by atoms with E-state index in [1.165, 1.54) is 0 Å². The molecule has 3 heterocycles. The zero-order valence-electron chi connectivity index (χ0n) is 15.4. The van der Waals surface area contributed by atoms with Gasteiger partial charge in [-0.05, 0) is 51.7 Å². The molecule has 0 bridgehead atoms. The van der Waals surface area contributed by atoms with Gasteiger partial charge in [0.2, 0.25) is 0 Å². The fraction of sp³-hybridized carbons (Fsp3) is 0.474. The van der Waals surface area contributed by atoms with Crippen molar-refractivity contribution in [3.05, 3.63) is 46.3 Å². The van der Waals surface area contributed by atoms with Crippen molar-refractivity contribution in [1.82, 2.24) is 24.3 Å². The first kappa shape index (κ1) is 16.8. The molecule has 3 aromatic heterocycles. The van der Waals surface area contributed by atoms with Crippen molar-refractivity contribution in [2.75, 3.05) is 5.32 Å². The van der Waals surface area contributed by atoms with E-state index in [1.807, 2.05) is 14.0 Å². The first-order chi connectivity index (χ1) is 12.5. The lowest BCUT2D eigenvalue weighted by Crippen LogP contribution is -2.33. The van der Waals surface area contributed by atoms with Crippen molar-refractivity contribution in [2.24, 2.45) is 7.05 Å². The van der Waals surface area contributed by atoms with Gasteiger partial charge < -0.3 is 9.88 Å². The molecule has 3 aromatic rings. The van der Waals surface area contributed by atoms with Gasteiger partial charge in [-0.1, -0.05) is 0 Å². The standard InChI is InChI=1S/C19H24N6O/c1-12-4-9-17(26)25(23-12)15-7-5-14(6-8-15)22-19-18-16(20-11-21-19)10-13(2)24(18)3/h4,9-11,14-15H,5-8H2,1-3H3,(H,20,21,22). The number of hydrogen-bond acceptors (Lipinski definition) is 5. The molecule has 1 aliphatic carbocycles. The molecule has 7 heteroatoms. The second-order valence-corrected chi connectivity index (χ2v) is 7.21. The van der Waals surface area contributed by atoms with Crippen LogP contribution in [0.5, 0.6) is 0 Å². The zero-order chi connectivity index (χ0) is 18.3. The van der Waals surface area contributed by atoms with Gasteiger partial charge in [-0.2, -0.15) is 5.10 Å². The van der Waals surface area contributed by atoms with Crippen molar-refractivity contribution in [3.63, 3.8) is 0 Å². The fourth-order valence-corrected chi connectivity index (χ4v) is 3.85. The van der Waals surface area contributed by atoms with Gasteiger partial charge in [-0.15, -0.1) is 0 Å². The van der Waals surface area contributed by atoms with Crippen molar-refractivity contribution in [2.45, 2.75) is 51.6 Å².